The summed E-state index contributed by atoms with van der Waals surface area (Å²) in [6, 6.07) is 22.4. The molecule has 184 valence electrons. The van der Waals surface area contributed by atoms with Crippen LogP contribution in [0.1, 0.15) is 35.9 Å². The van der Waals surface area contributed by atoms with Gasteiger partial charge in [0.05, 0.1) is 18.2 Å². The monoisotopic (exact) mass is 504 g/mol. The normalized spacial score (nSPS) is 11.5. The molecule has 1 heterocycles. The number of nitrogens with zero attached hydrogens (tertiary/aromatic N) is 1. The summed E-state index contributed by atoms with van der Waals surface area (Å²) in [6.07, 6.45) is 0. The summed E-state index contributed by atoms with van der Waals surface area (Å²) in [6.45, 7) is 4.20. The summed E-state index contributed by atoms with van der Waals surface area (Å²) in [5.74, 6) is -1.55. The average Bonchev–Trinajstić information content (AvgIpc) is 3.23. The van der Waals surface area contributed by atoms with E-state index >= 15 is 0 Å². The molecule has 3 amide bonds. The number of carbonyl (C=O) groups is 3. The molecule has 0 saturated carbocycles. The molecule has 3 aromatic carbocycles. The van der Waals surface area contributed by atoms with E-state index in [2.05, 4.69) is 16.1 Å². The summed E-state index contributed by atoms with van der Waals surface area (Å²) < 4.78 is 6.71. The van der Waals surface area contributed by atoms with E-state index in [9.17, 15) is 14.4 Å². The first-order valence-electron chi connectivity index (χ1n) is 11.4. The minimum Gasteiger partial charge on any atom is -0.494 e. The molecule has 0 aliphatic rings. The smallest absolute Gasteiger partial charge is 0.328 e. The van der Waals surface area contributed by atoms with E-state index in [4.69, 9.17) is 16.3 Å². The number of nitrogens with one attached hydrogen (secondary N) is 3. The average molecular weight is 505 g/mol. The van der Waals surface area contributed by atoms with Gasteiger partial charge in [-0.25, -0.2) is 4.68 Å². The number of ether oxygens (including phenoxy) is 1. The van der Waals surface area contributed by atoms with Crippen LogP contribution in [0.4, 0.5) is 5.69 Å². The van der Waals surface area contributed by atoms with Crippen LogP contribution in [0.15, 0.2) is 78.9 Å². The SMILES string of the molecule is CCOc1ccc(NC(=O)c2cc3cc(Cl)ccc3n2NC(=O)C(=O)N[C@@H](C)c2ccccc2)cc1. The Morgan fingerprint density at radius 1 is 0.944 bits per heavy atom. The van der Waals surface area contributed by atoms with Gasteiger partial charge in [-0.2, -0.15) is 0 Å². The summed E-state index contributed by atoms with van der Waals surface area (Å²) in [7, 11) is 0. The summed E-state index contributed by atoms with van der Waals surface area (Å²) in [5, 5.41) is 6.57. The molecule has 0 unspecified atom stereocenters. The lowest BCUT2D eigenvalue weighted by Gasteiger charge is -2.16. The van der Waals surface area contributed by atoms with Crippen molar-refractivity contribution >= 4 is 45.9 Å². The predicted octanol–water partition coefficient (Wildman–Crippen LogP) is 4.89. The largest absolute Gasteiger partial charge is 0.494 e. The van der Waals surface area contributed by atoms with Gasteiger partial charge >= 0.3 is 11.8 Å². The van der Waals surface area contributed by atoms with E-state index in [0.717, 1.165) is 5.56 Å². The van der Waals surface area contributed by atoms with Crippen LogP contribution in [0.25, 0.3) is 10.9 Å². The third kappa shape index (κ3) is 5.67. The van der Waals surface area contributed by atoms with Crippen LogP contribution in [0, 0.1) is 0 Å². The second-order valence-corrected chi connectivity index (χ2v) is 8.46. The summed E-state index contributed by atoms with van der Waals surface area (Å²) >= 11 is 6.13. The quantitative estimate of drug-likeness (QED) is 0.312. The molecular weight excluding hydrogens is 480 g/mol. The van der Waals surface area contributed by atoms with Crippen molar-refractivity contribution in [1.82, 2.24) is 9.99 Å². The Balaban J connectivity index is 1.56. The fraction of sp³-hybridized carbons (Fsp3) is 0.148. The molecule has 4 aromatic rings. The van der Waals surface area contributed by atoms with Gasteiger partial charge in [-0.05, 0) is 67.9 Å². The number of amides is 3. The fourth-order valence-electron chi connectivity index (χ4n) is 3.71. The Hall–Kier alpha value is -4.30. The Kier molecular flexibility index (Phi) is 7.56. The molecule has 1 aromatic heterocycles. The van der Waals surface area contributed by atoms with Crippen molar-refractivity contribution in [1.29, 1.82) is 0 Å². The third-order valence-electron chi connectivity index (χ3n) is 5.49. The van der Waals surface area contributed by atoms with Crippen molar-refractivity contribution in [3.8, 4) is 5.75 Å². The van der Waals surface area contributed by atoms with Gasteiger partial charge in [-0.3, -0.25) is 19.8 Å². The van der Waals surface area contributed by atoms with Crippen LogP contribution >= 0.6 is 11.6 Å². The van der Waals surface area contributed by atoms with Crippen molar-refractivity contribution in [2.24, 2.45) is 0 Å². The maximum Gasteiger partial charge on any atom is 0.328 e. The lowest BCUT2D eigenvalue weighted by atomic mass is 10.1. The molecule has 0 spiro atoms. The van der Waals surface area contributed by atoms with Gasteiger partial charge in [0.15, 0.2) is 0 Å². The molecule has 8 nitrogen and oxygen atoms in total. The zero-order valence-corrected chi connectivity index (χ0v) is 20.5. The van der Waals surface area contributed by atoms with Crippen LogP contribution in [-0.4, -0.2) is 29.0 Å². The van der Waals surface area contributed by atoms with Gasteiger partial charge in [-0.1, -0.05) is 41.9 Å². The highest BCUT2D eigenvalue weighted by molar-refractivity contribution is 6.38. The first-order valence-corrected chi connectivity index (χ1v) is 11.8. The number of hydrogen-bond acceptors (Lipinski definition) is 4. The van der Waals surface area contributed by atoms with Gasteiger partial charge in [0.1, 0.15) is 11.4 Å². The number of fused-ring (bicyclic) bond motifs is 1. The van der Waals surface area contributed by atoms with E-state index in [1.807, 2.05) is 37.3 Å². The summed E-state index contributed by atoms with van der Waals surface area (Å²) in [4.78, 5) is 38.6. The Morgan fingerprint density at radius 2 is 1.67 bits per heavy atom. The number of anilines is 1. The van der Waals surface area contributed by atoms with E-state index < -0.39 is 17.7 Å². The first-order chi connectivity index (χ1) is 17.4. The number of benzene rings is 3. The molecule has 4 rings (SSSR count). The lowest BCUT2D eigenvalue weighted by Crippen LogP contribution is -2.40. The van der Waals surface area contributed by atoms with Gasteiger partial charge in [0, 0.05) is 16.1 Å². The highest BCUT2D eigenvalue weighted by atomic mass is 35.5. The zero-order chi connectivity index (χ0) is 25.7. The molecule has 0 aliphatic heterocycles. The van der Waals surface area contributed by atoms with Gasteiger partial charge in [0.25, 0.3) is 5.91 Å². The Labute approximate surface area is 213 Å². The standard InChI is InChI=1S/C27H25ClN4O4/c1-3-36-22-12-10-21(11-13-22)30-25(33)24-16-19-15-20(28)9-14-23(19)32(24)31-27(35)26(34)29-17(2)18-7-5-4-6-8-18/h4-17H,3H2,1-2H3,(H,29,34)(H,30,33)(H,31,35)/t17-/m0/s1. The molecule has 0 saturated heterocycles. The number of aromatic nitrogens is 1. The molecule has 0 fully saturated rings. The van der Waals surface area contributed by atoms with Gasteiger partial charge < -0.3 is 15.4 Å². The molecule has 1 atom stereocenters. The second-order valence-electron chi connectivity index (χ2n) is 8.03. The topological polar surface area (TPSA) is 101 Å². The first kappa shape index (κ1) is 24.8. The van der Waals surface area contributed by atoms with Crippen molar-refractivity contribution < 1.29 is 19.1 Å². The van der Waals surface area contributed by atoms with E-state index in [1.54, 1.807) is 55.5 Å². The van der Waals surface area contributed by atoms with Crippen LogP contribution in [0.3, 0.4) is 0 Å². The number of rotatable bonds is 7. The predicted molar refractivity (Wildman–Crippen MR) is 140 cm³/mol. The van der Waals surface area contributed by atoms with E-state index in [-0.39, 0.29) is 11.7 Å². The highest BCUT2D eigenvalue weighted by Gasteiger charge is 2.22. The van der Waals surface area contributed by atoms with E-state index in [0.29, 0.717) is 34.0 Å². The van der Waals surface area contributed by atoms with Crippen molar-refractivity contribution in [2.45, 2.75) is 19.9 Å². The number of carbonyl (C=O) groups excluding carboxylic acids is 3. The minimum atomic E-state index is -0.916. The second kappa shape index (κ2) is 11.0. The van der Waals surface area contributed by atoms with Crippen LogP contribution in [0.5, 0.6) is 5.75 Å². The minimum absolute atomic E-state index is 0.124. The molecule has 3 N–H and O–H groups in total. The molecular formula is C27H25ClN4O4. The van der Waals surface area contributed by atoms with Gasteiger partial charge in [-0.15, -0.1) is 0 Å². The third-order valence-corrected chi connectivity index (χ3v) is 5.72. The Bertz CT molecular complexity index is 1400. The maximum atomic E-state index is 13.2. The van der Waals surface area contributed by atoms with Crippen LogP contribution in [0.2, 0.25) is 5.02 Å². The Morgan fingerprint density at radius 3 is 2.36 bits per heavy atom. The molecule has 36 heavy (non-hydrogen) atoms. The van der Waals surface area contributed by atoms with Crippen molar-refractivity contribution in [3.05, 3.63) is 95.1 Å². The van der Waals surface area contributed by atoms with Gasteiger partial charge in [0.2, 0.25) is 0 Å². The van der Waals surface area contributed by atoms with Crippen molar-refractivity contribution in [3.63, 3.8) is 0 Å². The van der Waals surface area contributed by atoms with Crippen molar-refractivity contribution in [2.75, 3.05) is 17.3 Å². The molecule has 0 bridgehead atoms. The number of halogens is 1. The molecule has 9 heteroatoms. The maximum absolute atomic E-state index is 13.2. The van der Waals surface area contributed by atoms with Crippen LogP contribution < -0.4 is 20.8 Å². The lowest BCUT2D eigenvalue weighted by molar-refractivity contribution is -0.137. The van der Waals surface area contributed by atoms with E-state index in [1.165, 1.54) is 4.68 Å². The fourth-order valence-corrected chi connectivity index (χ4v) is 3.89. The molecule has 0 radical (unpaired) electrons. The number of hydrogen-bond donors (Lipinski definition) is 3. The van der Waals surface area contributed by atoms with Crippen LogP contribution in [-0.2, 0) is 9.59 Å². The zero-order valence-electron chi connectivity index (χ0n) is 19.7. The molecule has 0 aliphatic carbocycles. The highest BCUT2D eigenvalue weighted by Crippen LogP contribution is 2.24. The summed E-state index contributed by atoms with van der Waals surface area (Å²) in [5.41, 5.74) is 4.57.